The Balaban J connectivity index is 1.72. The number of carbonyl (C=O) groups excluding carboxylic acids is 1. The third-order valence-electron chi connectivity index (χ3n) is 3.63. The van der Waals surface area contributed by atoms with Gasteiger partial charge in [-0.15, -0.1) is 0 Å². The van der Waals surface area contributed by atoms with Gasteiger partial charge in [-0.1, -0.05) is 0 Å². The van der Waals surface area contributed by atoms with Crippen LogP contribution in [0, 0.1) is 0 Å². The molecule has 19 heavy (non-hydrogen) atoms. The van der Waals surface area contributed by atoms with E-state index in [0.29, 0.717) is 6.54 Å². The fourth-order valence-electron chi connectivity index (χ4n) is 2.54. The van der Waals surface area contributed by atoms with Crippen molar-refractivity contribution in [2.75, 3.05) is 55.7 Å². The number of hydrogen-bond donors (Lipinski definition) is 1. The summed E-state index contributed by atoms with van der Waals surface area (Å²) in [6.07, 6.45) is 0. The summed E-state index contributed by atoms with van der Waals surface area (Å²) in [7, 11) is 0. The van der Waals surface area contributed by atoms with Gasteiger partial charge in [0.15, 0.2) is 0 Å². The van der Waals surface area contributed by atoms with Crippen LogP contribution >= 0.6 is 0 Å². The largest absolute Gasteiger partial charge is 0.378 e. The predicted molar refractivity (Wildman–Crippen MR) is 74.7 cm³/mol. The van der Waals surface area contributed by atoms with Gasteiger partial charge in [0.2, 0.25) is 5.91 Å². The molecule has 0 unspecified atom stereocenters. The Morgan fingerprint density at radius 2 is 1.68 bits per heavy atom. The lowest BCUT2D eigenvalue weighted by molar-refractivity contribution is -0.118. The molecule has 0 spiro atoms. The molecular weight excluding hydrogens is 242 g/mol. The number of rotatable bonds is 2. The minimum absolute atomic E-state index is 0.144. The molecule has 102 valence electrons. The van der Waals surface area contributed by atoms with Crippen LogP contribution in [0.5, 0.6) is 0 Å². The highest BCUT2D eigenvalue weighted by Crippen LogP contribution is 2.22. The van der Waals surface area contributed by atoms with Crippen LogP contribution in [0.2, 0.25) is 0 Å². The van der Waals surface area contributed by atoms with Gasteiger partial charge in [-0.3, -0.25) is 4.79 Å². The van der Waals surface area contributed by atoms with E-state index in [0.717, 1.165) is 45.1 Å². The van der Waals surface area contributed by atoms with Gasteiger partial charge in [0.1, 0.15) is 0 Å². The standard InChI is InChI=1S/C14H19N3O2/c18-14-11-15-5-6-17(14)13-3-1-12(2-4-13)16-7-9-19-10-8-16/h1-4,15H,5-11H2. The minimum atomic E-state index is 0.144. The molecule has 0 aromatic heterocycles. The van der Waals surface area contributed by atoms with E-state index < -0.39 is 0 Å². The smallest absolute Gasteiger partial charge is 0.240 e. The Labute approximate surface area is 113 Å². The number of nitrogens with zero attached hydrogens (tertiary/aromatic N) is 2. The summed E-state index contributed by atoms with van der Waals surface area (Å²) in [4.78, 5) is 16.0. The SMILES string of the molecule is O=C1CNCCN1c1ccc(N2CCOCC2)cc1. The van der Waals surface area contributed by atoms with Crippen molar-refractivity contribution in [2.45, 2.75) is 0 Å². The molecular formula is C14H19N3O2. The van der Waals surface area contributed by atoms with Gasteiger partial charge in [-0.05, 0) is 24.3 Å². The third kappa shape index (κ3) is 2.72. The molecule has 2 aliphatic rings. The Morgan fingerprint density at radius 3 is 2.37 bits per heavy atom. The van der Waals surface area contributed by atoms with Gasteiger partial charge in [-0.25, -0.2) is 0 Å². The Kier molecular flexibility index (Phi) is 3.66. The minimum Gasteiger partial charge on any atom is -0.378 e. The van der Waals surface area contributed by atoms with E-state index >= 15 is 0 Å². The number of morpholine rings is 1. The van der Waals surface area contributed by atoms with Crippen molar-refractivity contribution in [1.82, 2.24) is 5.32 Å². The zero-order valence-corrected chi connectivity index (χ0v) is 11.0. The monoisotopic (exact) mass is 261 g/mol. The van der Waals surface area contributed by atoms with Crippen LogP contribution in [0.15, 0.2) is 24.3 Å². The highest BCUT2D eigenvalue weighted by molar-refractivity contribution is 5.95. The molecule has 1 aromatic carbocycles. The maximum atomic E-state index is 11.8. The predicted octanol–water partition coefficient (Wildman–Crippen LogP) is 0.459. The van der Waals surface area contributed by atoms with Crippen LogP contribution in [0.4, 0.5) is 11.4 Å². The lowest BCUT2D eigenvalue weighted by Crippen LogP contribution is -2.48. The van der Waals surface area contributed by atoms with Gasteiger partial charge in [0, 0.05) is 37.6 Å². The molecule has 2 heterocycles. The third-order valence-corrected chi connectivity index (χ3v) is 3.63. The Hall–Kier alpha value is -1.59. The van der Waals surface area contributed by atoms with E-state index in [4.69, 9.17) is 4.74 Å². The van der Waals surface area contributed by atoms with E-state index in [-0.39, 0.29) is 5.91 Å². The van der Waals surface area contributed by atoms with E-state index in [1.54, 1.807) is 0 Å². The molecule has 5 heteroatoms. The second kappa shape index (κ2) is 5.59. The molecule has 0 atom stereocenters. The van der Waals surface area contributed by atoms with Crippen molar-refractivity contribution in [2.24, 2.45) is 0 Å². The maximum Gasteiger partial charge on any atom is 0.240 e. The van der Waals surface area contributed by atoms with Crippen LogP contribution in [-0.4, -0.2) is 51.8 Å². The zero-order chi connectivity index (χ0) is 13.1. The molecule has 5 nitrogen and oxygen atoms in total. The fourth-order valence-corrected chi connectivity index (χ4v) is 2.54. The summed E-state index contributed by atoms with van der Waals surface area (Å²) in [6.45, 7) is 5.49. The first-order valence-electron chi connectivity index (χ1n) is 6.78. The molecule has 0 saturated carbocycles. The average molecular weight is 261 g/mol. The van der Waals surface area contributed by atoms with Gasteiger partial charge >= 0.3 is 0 Å². The lowest BCUT2D eigenvalue weighted by Gasteiger charge is -2.30. The molecule has 1 N–H and O–H groups in total. The second-order valence-electron chi connectivity index (χ2n) is 4.84. The first kappa shape index (κ1) is 12.4. The summed E-state index contributed by atoms with van der Waals surface area (Å²) in [5.41, 5.74) is 2.19. The Morgan fingerprint density at radius 1 is 1.00 bits per heavy atom. The first-order valence-corrected chi connectivity index (χ1v) is 6.78. The van der Waals surface area contributed by atoms with Gasteiger partial charge in [0.25, 0.3) is 0 Å². The molecule has 2 aliphatic heterocycles. The quantitative estimate of drug-likeness (QED) is 0.840. The Bertz CT molecular complexity index is 441. The summed E-state index contributed by atoms with van der Waals surface area (Å²) >= 11 is 0. The van der Waals surface area contributed by atoms with Crippen LogP contribution in [0.1, 0.15) is 0 Å². The summed E-state index contributed by atoms with van der Waals surface area (Å²) in [5, 5.41) is 3.08. The van der Waals surface area contributed by atoms with Crippen LogP contribution in [0.25, 0.3) is 0 Å². The highest BCUT2D eigenvalue weighted by Gasteiger charge is 2.19. The topological polar surface area (TPSA) is 44.8 Å². The number of piperazine rings is 1. The van der Waals surface area contributed by atoms with Crippen molar-refractivity contribution in [3.05, 3.63) is 24.3 Å². The number of nitrogens with one attached hydrogen (secondary N) is 1. The lowest BCUT2D eigenvalue weighted by atomic mass is 10.2. The number of ether oxygens (including phenoxy) is 1. The van der Waals surface area contributed by atoms with E-state index in [9.17, 15) is 4.79 Å². The average Bonchev–Trinajstić information content (AvgIpc) is 2.49. The molecule has 0 radical (unpaired) electrons. The van der Waals surface area contributed by atoms with Crippen molar-refractivity contribution in [3.63, 3.8) is 0 Å². The number of carbonyl (C=O) groups is 1. The van der Waals surface area contributed by atoms with E-state index in [1.807, 2.05) is 17.0 Å². The van der Waals surface area contributed by atoms with Crippen LogP contribution in [-0.2, 0) is 9.53 Å². The van der Waals surface area contributed by atoms with Gasteiger partial charge in [0.05, 0.1) is 19.8 Å². The van der Waals surface area contributed by atoms with Crippen LogP contribution in [0.3, 0.4) is 0 Å². The molecule has 2 fully saturated rings. The van der Waals surface area contributed by atoms with Crippen molar-refractivity contribution < 1.29 is 9.53 Å². The molecule has 2 saturated heterocycles. The molecule has 3 rings (SSSR count). The highest BCUT2D eigenvalue weighted by atomic mass is 16.5. The second-order valence-corrected chi connectivity index (χ2v) is 4.84. The fraction of sp³-hybridized carbons (Fsp3) is 0.500. The maximum absolute atomic E-state index is 11.8. The van der Waals surface area contributed by atoms with Crippen molar-refractivity contribution >= 4 is 17.3 Å². The summed E-state index contributed by atoms with van der Waals surface area (Å²) in [5.74, 6) is 0.144. The van der Waals surface area contributed by atoms with Gasteiger partial charge in [-0.2, -0.15) is 0 Å². The summed E-state index contributed by atoms with van der Waals surface area (Å²) in [6, 6.07) is 8.26. The molecule has 0 bridgehead atoms. The number of benzene rings is 1. The molecule has 1 aromatic rings. The van der Waals surface area contributed by atoms with Crippen molar-refractivity contribution in [3.8, 4) is 0 Å². The zero-order valence-electron chi connectivity index (χ0n) is 11.0. The summed E-state index contributed by atoms with van der Waals surface area (Å²) < 4.78 is 5.35. The first-order chi connectivity index (χ1) is 9.34. The van der Waals surface area contributed by atoms with E-state index in [2.05, 4.69) is 22.3 Å². The molecule has 0 aliphatic carbocycles. The number of anilines is 2. The van der Waals surface area contributed by atoms with E-state index in [1.165, 1.54) is 5.69 Å². The van der Waals surface area contributed by atoms with Gasteiger partial charge < -0.3 is 19.9 Å². The van der Waals surface area contributed by atoms with Crippen molar-refractivity contribution in [1.29, 1.82) is 0 Å². The number of hydrogen-bond acceptors (Lipinski definition) is 4. The normalized spacial score (nSPS) is 20.7. The number of amides is 1. The van der Waals surface area contributed by atoms with Crippen LogP contribution < -0.4 is 15.1 Å². The molecule has 1 amide bonds.